The molecule has 0 amide bonds. The van der Waals surface area contributed by atoms with Gasteiger partial charge in [-0.15, -0.1) is 12.3 Å². The molecule has 0 aliphatic carbocycles. The Morgan fingerprint density at radius 1 is 1.37 bits per heavy atom. The van der Waals surface area contributed by atoms with E-state index in [1.807, 2.05) is 6.92 Å². The minimum absolute atomic E-state index is 0.195. The molecule has 0 saturated heterocycles. The number of nitrogens with one attached hydrogen (secondary N) is 1. The lowest BCUT2D eigenvalue weighted by Crippen LogP contribution is -2.23. The molecule has 104 valence electrons. The van der Waals surface area contributed by atoms with E-state index in [9.17, 15) is 8.78 Å². The average Bonchev–Trinajstić information content (AvgIpc) is 2.38. The van der Waals surface area contributed by atoms with Gasteiger partial charge < -0.3 is 5.32 Å². The normalized spacial score (nSPS) is 12.2. The van der Waals surface area contributed by atoms with Crippen LogP contribution in [0.1, 0.15) is 44.2 Å². The quantitative estimate of drug-likeness (QED) is 0.443. The first kappa shape index (κ1) is 15.9. The molecule has 1 aromatic carbocycles. The van der Waals surface area contributed by atoms with Crippen LogP contribution in [0.3, 0.4) is 0 Å². The highest BCUT2D eigenvalue weighted by molar-refractivity contribution is 6.30. The van der Waals surface area contributed by atoms with Gasteiger partial charge in [-0.1, -0.05) is 18.5 Å². The van der Waals surface area contributed by atoms with Gasteiger partial charge in [-0.05, 0) is 37.9 Å². The van der Waals surface area contributed by atoms with Crippen molar-refractivity contribution in [3.63, 3.8) is 0 Å². The molecule has 0 heterocycles. The molecule has 1 unspecified atom stereocenters. The summed E-state index contributed by atoms with van der Waals surface area (Å²) in [5, 5.41) is 3.02. The van der Waals surface area contributed by atoms with Gasteiger partial charge >= 0.3 is 0 Å². The molecule has 0 spiro atoms. The molecule has 0 aliphatic heterocycles. The van der Waals surface area contributed by atoms with Crippen LogP contribution in [0.4, 0.5) is 8.78 Å². The Hall–Kier alpha value is -1.11. The second-order valence-electron chi connectivity index (χ2n) is 4.39. The number of benzene rings is 1. The van der Waals surface area contributed by atoms with Crippen molar-refractivity contribution in [2.24, 2.45) is 0 Å². The SMILES string of the molecule is C#CCCCC(NCCC)c1cc(F)c(Cl)cc1F. The van der Waals surface area contributed by atoms with Gasteiger partial charge in [0.05, 0.1) is 5.02 Å². The van der Waals surface area contributed by atoms with Gasteiger partial charge in [-0.2, -0.15) is 0 Å². The molecule has 0 fully saturated rings. The zero-order valence-electron chi connectivity index (χ0n) is 11.0. The summed E-state index contributed by atoms with van der Waals surface area (Å²) < 4.78 is 27.4. The summed E-state index contributed by atoms with van der Waals surface area (Å²) in [7, 11) is 0. The zero-order chi connectivity index (χ0) is 14.3. The second kappa shape index (κ2) is 8.14. The summed E-state index contributed by atoms with van der Waals surface area (Å²) in [6.45, 7) is 2.76. The van der Waals surface area contributed by atoms with Crippen molar-refractivity contribution >= 4 is 11.6 Å². The lowest BCUT2D eigenvalue weighted by molar-refractivity contribution is 0.460. The average molecular weight is 286 g/mol. The van der Waals surface area contributed by atoms with Crippen LogP contribution < -0.4 is 5.32 Å². The van der Waals surface area contributed by atoms with E-state index < -0.39 is 11.6 Å². The molecule has 0 bridgehead atoms. The maximum Gasteiger partial charge on any atom is 0.142 e. The third-order valence-corrected chi connectivity index (χ3v) is 3.16. The fourth-order valence-electron chi connectivity index (χ4n) is 1.90. The number of rotatable bonds is 7. The topological polar surface area (TPSA) is 12.0 Å². The number of halogens is 3. The van der Waals surface area contributed by atoms with Crippen LogP contribution in [-0.2, 0) is 0 Å². The molecular weight excluding hydrogens is 268 g/mol. The van der Waals surface area contributed by atoms with Gasteiger partial charge in [0.2, 0.25) is 0 Å². The molecule has 19 heavy (non-hydrogen) atoms. The standard InChI is InChI=1S/C15H18ClF2N/c1-3-5-6-7-15(19-8-4-2)11-9-14(18)12(16)10-13(11)17/h1,9-10,15,19H,4-8H2,2H3. The van der Waals surface area contributed by atoms with E-state index in [0.717, 1.165) is 25.5 Å². The minimum Gasteiger partial charge on any atom is -0.310 e. The van der Waals surface area contributed by atoms with Crippen LogP contribution >= 0.6 is 11.6 Å². The summed E-state index contributed by atoms with van der Waals surface area (Å²) in [4.78, 5) is 0. The van der Waals surface area contributed by atoms with Gasteiger partial charge in [0.25, 0.3) is 0 Å². The summed E-state index contributed by atoms with van der Waals surface area (Å²) in [6.07, 6.45) is 8.19. The summed E-state index contributed by atoms with van der Waals surface area (Å²) in [6, 6.07) is 1.95. The monoisotopic (exact) mass is 285 g/mol. The third-order valence-electron chi connectivity index (χ3n) is 2.87. The maximum atomic E-state index is 13.9. The molecule has 1 N–H and O–H groups in total. The molecule has 0 saturated carbocycles. The second-order valence-corrected chi connectivity index (χ2v) is 4.80. The molecule has 1 aromatic rings. The van der Waals surface area contributed by atoms with Crippen LogP contribution in [0, 0.1) is 24.0 Å². The molecule has 0 aromatic heterocycles. The van der Waals surface area contributed by atoms with E-state index >= 15 is 0 Å². The summed E-state index contributed by atoms with van der Waals surface area (Å²) in [5.74, 6) is 1.46. The van der Waals surface area contributed by atoms with E-state index in [0.29, 0.717) is 18.4 Å². The van der Waals surface area contributed by atoms with E-state index in [4.69, 9.17) is 18.0 Å². The van der Waals surface area contributed by atoms with Crippen molar-refractivity contribution in [2.45, 2.75) is 38.6 Å². The smallest absolute Gasteiger partial charge is 0.142 e. The lowest BCUT2D eigenvalue weighted by atomic mass is 10.00. The Morgan fingerprint density at radius 2 is 2.11 bits per heavy atom. The van der Waals surface area contributed by atoms with Crippen molar-refractivity contribution in [3.8, 4) is 12.3 Å². The van der Waals surface area contributed by atoms with Gasteiger partial charge in [-0.3, -0.25) is 0 Å². The van der Waals surface area contributed by atoms with Crippen molar-refractivity contribution in [2.75, 3.05) is 6.54 Å². The first-order valence-corrected chi connectivity index (χ1v) is 6.79. The largest absolute Gasteiger partial charge is 0.310 e. The summed E-state index contributed by atoms with van der Waals surface area (Å²) in [5.41, 5.74) is 0.312. The number of hydrogen-bond acceptors (Lipinski definition) is 1. The minimum atomic E-state index is -0.599. The van der Waals surface area contributed by atoms with Crippen molar-refractivity contribution in [3.05, 3.63) is 34.4 Å². The van der Waals surface area contributed by atoms with Crippen LogP contribution in [0.25, 0.3) is 0 Å². The van der Waals surface area contributed by atoms with E-state index in [-0.39, 0.29) is 11.1 Å². The highest BCUT2D eigenvalue weighted by Gasteiger charge is 2.17. The third kappa shape index (κ3) is 4.81. The van der Waals surface area contributed by atoms with Crippen LogP contribution in [0.5, 0.6) is 0 Å². The Kier molecular flexibility index (Phi) is 6.83. The molecule has 0 aliphatic rings. The maximum absolute atomic E-state index is 13.9. The number of terminal acetylenes is 1. The molecule has 1 atom stereocenters. The van der Waals surface area contributed by atoms with Crippen molar-refractivity contribution < 1.29 is 8.78 Å². The van der Waals surface area contributed by atoms with Crippen LogP contribution in [0.2, 0.25) is 5.02 Å². The Bertz CT molecular complexity index is 454. The highest BCUT2D eigenvalue weighted by atomic mass is 35.5. The highest BCUT2D eigenvalue weighted by Crippen LogP contribution is 2.27. The first-order chi connectivity index (χ1) is 9.10. The first-order valence-electron chi connectivity index (χ1n) is 6.41. The van der Waals surface area contributed by atoms with Gasteiger partial charge in [0, 0.05) is 18.0 Å². The van der Waals surface area contributed by atoms with Crippen molar-refractivity contribution in [1.29, 1.82) is 0 Å². The van der Waals surface area contributed by atoms with Gasteiger partial charge in [-0.25, -0.2) is 8.78 Å². The Balaban J connectivity index is 2.89. The molecule has 0 radical (unpaired) electrons. The van der Waals surface area contributed by atoms with Crippen LogP contribution in [0.15, 0.2) is 12.1 Å². The summed E-state index contributed by atoms with van der Waals surface area (Å²) >= 11 is 5.56. The Morgan fingerprint density at radius 3 is 2.74 bits per heavy atom. The van der Waals surface area contributed by atoms with E-state index in [1.165, 1.54) is 6.07 Å². The fourth-order valence-corrected chi connectivity index (χ4v) is 2.05. The number of unbranched alkanes of at least 4 members (excludes halogenated alkanes) is 1. The zero-order valence-corrected chi connectivity index (χ0v) is 11.7. The molecule has 1 nitrogen and oxygen atoms in total. The van der Waals surface area contributed by atoms with E-state index in [1.54, 1.807) is 0 Å². The number of hydrogen-bond donors (Lipinski definition) is 1. The molecule has 1 rings (SSSR count). The van der Waals surface area contributed by atoms with E-state index in [2.05, 4.69) is 11.2 Å². The van der Waals surface area contributed by atoms with Crippen molar-refractivity contribution in [1.82, 2.24) is 5.32 Å². The van der Waals surface area contributed by atoms with Gasteiger partial charge in [0.15, 0.2) is 0 Å². The predicted molar refractivity (Wildman–Crippen MR) is 75.1 cm³/mol. The molecule has 4 heteroatoms. The lowest BCUT2D eigenvalue weighted by Gasteiger charge is -2.19. The van der Waals surface area contributed by atoms with Gasteiger partial charge in [0.1, 0.15) is 11.6 Å². The van der Waals surface area contributed by atoms with Crippen LogP contribution in [-0.4, -0.2) is 6.54 Å². The fraction of sp³-hybridized carbons (Fsp3) is 0.467. The molecular formula is C15H18ClF2N. The Labute approximate surface area is 118 Å². The predicted octanol–water partition coefficient (Wildman–Crippen LogP) is 4.46.